The van der Waals surface area contributed by atoms with E-state index in [4.69, 9.17) is 9.15 Å². The molecule has 0 bridgehead atoms. The van der Waals surface area contributed by atoms with Crippen molar-refractivity contribution in [3.05, 3.63) is 36.9 Å². The second-order valence-corrected chi connectivity index (χ2v) is 8.68. The second-order valence-electron chi connectivity index (χ2n) is 7.44. The van der Waals surface area contributed by atoms with Crippen molar-refractivity contribution in [2.45, 2.75) is 56.9 Å². The Morgan fingerprint density at radius 2 is 2.00 bits per heavy atom. The van der Waals surface area contributed by atoms with Crippen LogP contribution in [0.4, 0.5) is 0 Å². The Bertz CT molecular complexity index is 814. The number of nitrogens with one attached hydrogen (secondary N) is 1. The molecule has 1 unspecified atom stereocenters. The minimum Gasteiger partial charge on any atom is -0.593 e. The van der Waals surface area contributed by atoms with Gasteiger partial charge in [-0.2, -0.15) is 0 Å². The number of carbonyl (C=O) groups is 2. The third kappa shape index (κ3) is 5.26. The van der Waals surface area contributed by atoms with Gasteiger partial charge in [0.25, 0.3) is 0 Å². The quantitative estimate of drug-likeness (QED) is 0.517. The number of esters is 1. The smallest absolute Gasteiger partial charge is 0.312 e. The van der Waals surface area contributed by atoms with Gasteiger partial charge in [0.2, 0.25) is 0 Å². The minimum absolute atomic E-state index is 0.0137. The van der Waals surface area contributed by atoms with E-state index in [1.807, 2.05) is 12.1 Å². The van der Waals surface area contributed by atoms with Crippen molar-refractivity contribution < 1.29 is 23.3 Å². The van der Waals surface area contributed by atoms with Gasteiger partial charge < -0.3 is 13.7 Å². The van der Waals surface area contributed by atoms with Crippen LogP contribution < -0.4 is 4.72 Å². The second kappa shape index (κ2) is 9.56. The predicted octanol–water partition coefficient (Wildman–Crippen LogP) is 3.43. The fraction of sp³-hybridized carbons (Fsp3) is 0.476. The molecule has 8 heteroatoms. The van der Waals surface area contributed by atoms with Crippen molar-refractivity contribution in [3.63, 3.8) is 0 Å². The Labute approximate surface area is 173 Å². The van der Waals surface area contributed by atoms with Crippen molar-refractivity contribution in [2.24, 2.45) is 5.41 Å². The number of oxazole rings is 1. The number of aromatic nitrogens is 1. The maximum atomic E-state index is 12.7. The van der Waals surface area contributed by atoms with Crippen LogP contribution in [0.1, 0.15) is 46.0 Å². The lowest BCUT2D eigenvalue weighted by atomic mass is 9.70. The lowest BCUT2D eigenvalue weighted by Gasteiger charge is -2.37. The lowest BCUT2D eigenvalue weighted by molar-refractivity contribution is -0.160. The predicted molar refractivity (Wildman–Crippen MR) is 108 cm³/mol. The molecule has 1 atom stereocenters. The molecule has 1 aliphatic carbocycles. The molecule has 1 aliphatic rings. The molecule has 1 heterocycles. The van der Waals surface area contributed by atoms with Gasteiger partial charge in [0.15, 0.2) is 11.3 Å². The zero-order valence-corrected chi connectivity index (χ0v) is 17.5. The molecule has 0 aliphatic heterocycles. The monoisotopic (exact) mass is 418 g/mol. The molecular formula is C21H26N2O5S. The maximum Gasteiger partial charge on any atom is 0.312 e. The summed E-state index contributed by atoms with van der Waals surface area (Å²) in [6, 6.07) is 7.32. The summed E-state index contributed by atoms with van der Waals surface area (Å²) in [5, 5.41) is 0. The van der Waals surface area contributed by atoms with E-state index in [1.54, 1.807) is 25.3 Å². The minimum atomic E-state index is -1.36. The number of Topliss-reactive ketones (excluding diaryl/α,β-unsaturated/α-hetero) is 1. The summed E-state index contributed by atoms with van der Waals surface area (Å²) in [6.07, 6.45) is 5.54. The van der Waals surface area contributed by atoms with Crippen LogP contribution in [-0.4, -0.2) is 33.9 Å². The topological polar surface area (TPSA) is 104 Å². The van der Waals surface area contributed by atoms with Crippen LogP contribution in [0.5, 0.6) is 0 Å². The van der Waals surface area contributed by atoms with Crippen LogP contribution >= 0.6 is 0 Å². The number of ketones is 1. The van der Waals surface area contributed by atoms with Gasteiger partial charge in [0, 0.05) is 12.0 Å². The van der Waals surface area contributed by atoms with E-state index in [0.717, 1.165) is 11.3 Å². The molecule has 1 aromatic carbocycles. The summed E-state index contributed by atoms with van der Waals surface area (Å²) in [5.74, 6) is -0.307. The Morgan fingerprint density at radius 1 is 1.31 bits per heavy atom. The first-order valence-corrected chi connectivity index (χ1v) is 10.9. The Morgan fingerprint density at radius 3 is 2.55 bits per heavy atom. The molecule has 1 saturated carbocycles. The Kier molecular flexibility index (Phi) is 7.10. The maximum absolute atomic E-state index is 12.7. The lowest BCUT2D eigenvalue weighted by Crippen LogP contribution is -2.44. The van der Waals surface area contributed by atoms with E-state index >= 15 is 0 Å². The molecule has 0 amide bonds. The zero-order chi connectivity index (χ0) is 20.9. The molecule has 156 valence electrons. The molecule has 2 aromatic rings. The van der Waals surface area contributed by atoms with Gasteiger partial charge in [0.1, 0.15) is 17.7 Å². The average molecular weight is 419 g/mol. The first kappa shape index (κ1) is 21.5. The highest BCUT2D eigenvalue weighted by Gasteiger charge is 2.44. The van der Waals surface area contributed by atoms with Crippen LogP contribution in [0.25, 0.3) is 11.3 Å². The number of nitrogens with zero attached hydrogens (tertiary/aromatic N) is 1. The van der Waals surface area contributed by atoms with Crippen LogP contribution in [0.3, 0.4) is 0 Å². The third-order valence-electron chi connectivity index (χ3n) is 5.31. The molecular weight excluding hydrogens is 392 g/mol. The number of hydrogen-bond acceptors (Lipinski definition) is 7. The SMILES string of the molecule is CCOC(=O)C1(CC(C)=O)CCC(N[S+]([O-])c2ccc(-c3cocn3)cc2)CC1. The van der Waals surface area contributed by atoms with Gasteiger partial charge in [-0.05, 0) is 63.8 Å². The van der Waals surface area contributed by atoms with Crippen LogP contribution in [0.2, 0.25) is 0 Å². The largest absolute Gasteiger partial charge is 0.593 e. The molecule has 0 saturated heterocycles. The molecule has 0 spiro atoms. The van der Waals surface area contributed by atoms with Gasteiger partial charge in [-0.3, -0.25) is 9.59 Å². The summed E-state index contributed by atoms with van der Waals surface area (Å²) in [7, 11) is 0. The zero-order valence-electron chi connectivity index (χ0n) is 16.7. The fourth-order valence-corrected chi connectivity index (χ4v) is 4.88. The van der Waals surface area contributed by atoms with Gasteiger partial charge in [-0.25, -0.2) is 4.98 Å². The molecule has 7 nitrogen and oxygen atoms in total. The first-order valence-electron chi connectivity index (χ1n) is 9.77. The summed E-state index contributed by atoms with van der Waals surface area (Å²) >= 11 is -1.36. The van der Waals surface area contributed by atoms with E-state index in [-0.39, 0.29) is 24.2 Å². The van der Waals surface area contributed by atoms with E-state index in [1.165, 1.54) is 13.3 Å². The first-order chi connectivity index (χ1) is 13.9. The van der Waals surface area contributed by atoms with Crippen molar-refractivity contribution in [3.8, 4) is 11.3 Å². The molecule has 29 heavy (non-hydrogen) atoms. The van der Waals surface area contributed by atoms with Crippen LogP contribution in [-0.2, 0) is 25.7 Å². The highest BCUT2D eigenvalue weighted by Crippen LogP contribution is 2.41. The van der Waals surface area contributed by atoms with Crippen molar-refractivity contribution >= 4 is 23.1 Å². The van der Waals surface area contributed by atoms with E-state index in [2.05, 4.69) is 9.71 Å². The molecule has 0 radical (unpaired) electrons. The third-order valence-corrected chi connectivity index (χ3v) is 6.56. The van der Waals surface area contributed by atoms with Gasteiger partial charge in [-0.1, -0.05) is 0 Å². The van der Waals surface area contributed by atoms with Crippen LogP contribution in [0.15, 0.2) is 46.2 Å². The molecule has 1 N–H and O–H groups in total. The highest BCUT2D eigenvalue weighted by molar-refractivity contribution is 7.89. The number of ether oxygens (including phenoxy) is 1. The Balaban J connectivity index is 1.59. The summed E-state index contributed by atoms with van der Waals surface area (Å²) in [4.78, 5) is 28.9. The van der Waals surface area contributed by atoms with Crippen molar-refractivity contribution in [2.75, 3.05) is 6.61 Å². The highest BCUT2D eigenvalue weighted by atomic mass is 32.2. The van der Waals surface area contributed by atoms with Gasteiger partial charge in [-0.15, -0.1) is 4.72 Å². The van der Waals surface area contributed by atoms with Gasteiger partial charge >= 0.3 is 5.97 Å². The molecule has 1 aromatic heterocycles. The number of rotatable bonds is 8. The van der Waals surface area contributed by atoms with Gasteiger partial charge in [0.05, 0.1) is 29.4 Å². The molecule has 1 fully saturated rings. The van der Waals surface area contributed by atoms with Crippen molar-refractivity contribution in [1.82, 2.24) is 9.71 Å². The standard InChI is InChI=1S/C21H26N2O5S/c1-3-28-20(25)21(12-15(2)24)10-8-17(9-11-21)23-29(26)18-6-4-16(5-7-18)19-13-27-14-22-19/h4-7,13-14,17,23H,3,8-12H2,1-2H3. The fourth-order valence-electron chi connectivity index (χ4n) is 3.83. The normalized spacial score (nSPS) is 22.8. The van der Waals surface area contributed by atoms with Crippen molar-refractivity contribution in [1.29, 1.82) is 0 Å². The average Bonchev–Trinajstić information content (AvgIpc) is 3.24. The number of hydrogen-bond donors (Lipinski definition) is 1. The summed E-state index contributed by atoms with van der Waals surface area (Å²) in [6.45, 7) is 3.57. The van der Waals surface area contributed by atoms with E-state index in [0.29, 0.717) is 37.2 Å². The number of benzene rings is 1. The summed E-state index contributed by atoms with van der Waals surface area (Å²) < 4.78 is 26.1. The summed E-state index contributed by atoms with van der Waals surface area (Å²) in [5.41, 5.74) is 0.866. The number of carbonyl (C=O) groups excluding carboxylic acids is 2. The molecule has 3 rings (SSSR count). The van der Waals surface area contributed by atoms with E-state index < -0.39 is 16.8 Å². The van der Waals surface area contributed by atoms with E-state index in [9.17, 15) is 14.1 Å². The van der Waals surface area contributed by atoms with Crippen LogP contribution in [0, 0.1) is 5.41 Å². The Hall–Kier alpha value is -2.16.